The van der Waals surface area contributed by atoms with Crippen LogP contribution in [0.15, 0.2) is 90.6 Å². The molecule has 2 heterocycles. The molecule has 0 spiro atoms. The molecule has 0 aliphatic rings. The summed E-state index contributed by atoms with van der Waals surface area (Å²) in [5.41, 5.74) is 3.71. The predicted octanol–water partition coefficient (Wildman–Crippen LogP) is 6.39. The van der Waals surface area contributed by atoms with Crippen molar-refractivity contribution in [2.45, 2.75) is 26.3 Å². The first kappa shape index (κ1) is 25.8. The Bertz CT molecular complexity index is 1470. The van der Waals surface area contributed by atoms with Crippen molar-refractivity contribution in [1.29, 1.82) is 0 Å². The third-order valence-electron chi connectivity index (χ3n) is 5.63. The number of benzene rings is 2. The van der Waals surface area contributed by atoms with E-state index >= 15 is 0 Å². The molecule has 0 aliphatic heterocycles. The van der Waals surface area contributed by atoms with Crippen LogP contribution in [-0.2, 0) is 19.3 Å². The van der Waals surface area contributed by atoms with E-state index in [1.54, 1.807) is 49.5 Å². The molecule has 0 bridgehead atoms. The van der Waals surface area contributed by atoms with E-state index in [9.17, 15) is 22.7 Å². The lowest BCUT2D eigenvalue weighted by atomic mass is 10.1. The van der Waals surface area contributed by atoms with Gasteiger partial charge in [-0.2, -0.15) is 13.2 Å². The number of allylic oxidation sites excluding steroid dienone is 2. The molecular weight excluding hydrogens is 484 g/mol. The number of nitrogens with one attached hydrogen (secondary N) is 1. The van der Waals surface area contributed by atoms with Gasteiger partial charge < -0.3 is 10.4 Å². The van der Waals surface area contributed by atoms with Crippen LogP contribution < -0.4 is 5.32 Å². The lowest BCUT2D eigenvalue weighted by molar-refractivity contribution is -0.137. The van der Waals surface area contributed by atoms with Crippen LogP contribution in [0.5, 0.6) is 0 Å². The lowest BCUT2D eigenvalue weighted by Crippen LogP contribution is -2.20. The number of alkyl halides is 3. The maximum Gasteiger partial charge on any atom is 0.416 e. The third-order valence-corrected chi connectivity index (χ3v) is 5.63. The minimum atomic E-state index is -4.39. The average Bonchev–Trinajstić information content (AvgIpc) is 3.26. The zero-order valence-electron chi connectivity index (χ0n) is 19.9. The second-order valence-corrected chi connectivity index (χ2v) is 8.27. The van der Waals surface area contributed by atoms with Gasteiger partial charge >= 0.3 is 6.18 Å². The van der Waals surface area contributed by atoms with Crippen molar-refractivity contribution < 1.29 is 22.7 Å². The third kappa shape index (κ3) is 5.95. The Morgan fingerprint density at radius 3 is 2.41 bits per heavy atom. The molecular formula is C28H24F4N4O. The summed E-state index contributed by atoms with van der Waals surface area (Å²) >= 11 is 0. The van der Waals surface area contributed by atoms with Crippen LogP contribution in [0.1, 0.15) is 29.3 Å². The lowest BCUT2D eigenvalue weighted by Gasteiger charge is -2.13. The SMILES string of the molecule is C=C/C=C(\NC(C)=NCc1ccc(C(F)(F)F)cc1)c1c(-c2ccc(F)cc2)nc2cc(CO)ccn12. The number of aliphatic hydroxyl groups is 1. The van der Waals surface area contributed by atoms with Gasteiger partial charge in [0.2, 0.25) is 0 Å². The Hall–Kier alpha value is -4.24. The number of aromatic nitrogens is 2. The van der Waals surface area contributed by atoms with Gasteiger partial charge in [-0.05, 0) is 72.7 Å². The Morgan fingerprint density at radius 2 is 1.78 bits per heavy atom. The highest BCUT2D eigenvalue weighted by atomic mass is 19.4. The van der Waals surface area contributed by atoms with Crippen LogP contribution in [0.2, 0.25) is 0 Å². The van der Waals surface area contributed by atoms with Crippen LogP contribution in [-0.4, -0.2) is 20.3 Å². The van der Waals surface area contributed by atoms with Gasteiger partial charge in [-0.1, -0.05) is 24.8 Å². The Morgan fingerprint density at radius 1 is 1.08 bits per heavy atom. The molecule has 190 valence electrons. The van der Waals surface area contributed by atoms with Crippen molar-refractivity contribution in [2.24, 2.45) is 4.99 Å². The molecule has 0 saturated heterocycles. The van der Waals surface area contributed by atoms with Gasteiger partial charge in [-0.15, -0.1) is 0 Å². The van der Waals surface area contributed by atoms with Gasteiger partial charge in [0.25, 0.3) is 0 Å². The highest BCUT2D eigenvalue weighted by Gasteiger charge is 2.29. The van der Waals surface area contributed by atoms with Crippen LogP contribution >= 0.6 is 0 Å². The number of fused-ring (bicyclic) bond motifs is 1. The number of halogens is 4. The molecule has 4 aromatic rings. The fourth-order valence-corrected chi connectivity index (χ4v) is 3.79. The first-order chi connectivity index (χ1) is 17.7. The van der Waals surface area contributed by atoms with E-state index in [0.717, 1.165) is 12.1 Å². The molecule has 0 aliphatic carbocycles. The van der Waals surface area contributed by atoms with Crippen molar-refractivity contribution in [3.63, 3.8) is 0 Å². The summed E-state index contributed by atoms with van der Waals surface area (Å²) in [5.74, 6) is 0.142. The van der Waals surface area contributed by atoms with E-state index in [-0.39, 0.29) is 19.0 Å². The average molecular weight is 509 g/mol. The number of imidazole rings is 1. The summed E-state index contributed by atoms with van der Waals surface area (Å²) in [7, 11) is 0. The van der Waals surface area contributed by atoms with E-state index < -0.39 is 11.7 Å². The normalized spacial score (nSPS) is 12.7. The number of hydrogen-bond donors (Lipinski definition) is 2. The van der Waals surface area contributed by atoms with Gasteiger partial charge in [0.1, 0.15) is 11.5 Å². The number of amidine groups is 1. The first-order valence-electron chi connectivity index (χ1n) is 11.3. The van der Waals surface area contributed by atoms with Crippen LogP contribution in [0.3, 0.4) is 0 Å². The fraction of sp³-hybridized carbons (Fsp3) is 0.143. The molecule has 37 heavy (non-hydrogen) atoms. The summed E-state index contributed by atoms with van der Waals surface area (Å²) in [5, 5.41) is 12.8. The van der Waals surface area contributed by atoms with Gasteiger partial charge in [-0.3, -0.25) is 9.39 Å². The van der Waals surface area contributed by atoms with Crippen LogP contribution in [0, 0.1) is 5.82 Å². The molecule has 2 aromatic heterocycles. The zero-order valence-corrected chi connectivity index (χ0v) is 19.9. The number of pyridine rings is 1. The van der Waals surface area contributed by atoms with Crippen molar-refractivity contribution in [1.82, 2.24) is 14.7 Å². The van der Waals surface area contributed by atoms with E-state index in [2.05, 4.69) is 16.9 Å². The monoisotopic (exact) mass is 508 g/mol. The maximum atomic E-state index is 13.6. The molecule has 0 unspecified atom stereocenters. The highest BCUT2D eigenvalue weighted by molar-refractivity contribution is 5.92. The quantitative estimate of drug-likeness (QED) is 0.132. The van der Waals surface area contributed by atoms with Crippen LogP contribution in [0.25, 0.3) is 22.6 Å². The van der Waals surface area contributed by atoms with E-state index in [1.807, 2.05) is 4.40 Å². The van der Waals surface area contributed by atoms with Gasteiger partial charge in [0.05, 0.1) is 41.6 Å². The summed E-state index contributed by atoms with van der Waals surface area (Å²) in [6.45, 7) is 5.57. The number of aliphatic hydroxyl groups excluding tert-OH is 1. The highest BCUT2D eigenvalue weighted by Crippen LogP contribution is 2.30. The molecule has 0 radical (unpaired) electrons. The molecule has 2 aromatic carbocycles. The Labute approximate surface area is 211 Å². The first-order valence-corrected chi connectivity index (χ1v) is 11.3. The number of aliphatic imine (C=N–C) groups is 1. The van der Waals surface area contributed by atoms with E-state index in [4.69, 9.17) is 4.98 Å². The van der Waals surface area contributed by atoms with Gasteiger partial charge in [0.15, 0.2) is 0 Å². The second kappa shape index (κ2) is 10.8. The number of hydrogen-bond acceptors (Lipinski definition) is 3. The molecule has 0 fully saturated rings. The second-order valence-electron chi connectivity index (χ2n) is 8.27. The maximum absolute atomic E-state index is 13.6. The smallest absolute Gasteiger partial charge is 0.392 e. The van der Waals surface area contributed by atoms with Crippen molar-refractivity contribution in [2.75, 3.05) is 0 Å². The zero-order chi connectivity index (χ0) is 26.6. The molecule has 5 nitrogen and oxygen atoms in total. The van der Waals surface area contributed by atoms with Gasteiger partial charge in [-0.25, -0.2) is 9.37 Å². The van der Waals surface area contributed by atoms with E-state index in [1.165, 1.54) is 24.3 Å². The van der Waals surface area contributed by atoms with Crippen LogP contribution in [0.4, 0.5) is 17.6 Å². The number of rotatable bonds is 7. The van der Waals surface area contributed by atoms with Crippen molar-refractivity contribution in [3.8, 4) is 11.3 Å². The molecule has 4 rings (SSSR count). The predicted molar refractivity (Wildman–Crippen MR) is 136 cm³/mol. The van der Waals surface area contributed by atoms with Crippen molar-refractivity contribution >= 4 is 17.2 Å². The topological polar surface area (TPSA) is 61.9 Å². The van der Waals surface area contributed by atoms with Gasteiger partial charge in [0, 0.05) is 11.8 Å². The molecule has 2 N–H and O–H groups in total. The number of nitrogens with zero attached hydrogens (tertiary/aromatic N) is 3. The fourth-order valence-electron chi connectivity index (χ4n) is 3.79. The molecule has 0 atom stereocenters. The van der Waals surface area contributed by atoms with E-state index in [0.29, 0.717) is 45.3 Å². The summed E-state index contributed by atoms with van der Waals surface area (Å²) in [4.78, 5) is 9.21. The summed E-state index contributed by atoms with van der Waals surface area (Å²) in [6.07, 6.45) is 0.732. The molecule has 0 amide bonds. The Balaban J connectivity index is 1.69. The molecule has 9 heteroatoms. The Kier molecular flexibility index (Phi) is 7.54. The summed E-state index contributed by atoms with van der Waals surface area (Å²) in [6, 6.07) is 14.3. The minimum absolute atomic E-state index is 0.145. The largest absolute Gasteiger partial charge is 0.416 e. The summed E-state index contributed by atoms with van der Waals surface area (Å²) < 4.78 is 53.9. The molecule has 0 saturated carbocycles. The standard InChI is InChI=1S/C28H24F4N4O/c1-3-4-24(34-18(2)33-16-19-5-9-22(10-6-19)28(30,31)32)27-26(21-7-11-23(29)12-8-21)35-25-15-20(17-37)13-14-36(25)27/h3-15,37H,1,16-17H2,2H3,(H,33,34)/b24-4-. The minimum Gasteiger partial charge on any atom is -0.392 e. The van der Waals surface area contributed by atoms with Crippen molar-refractivity contribution in [3.05, 3.63) is 114 Å².